The van der Waals surface area contributed by atoms with E-state index >= 15 is 0 Å². The first kappa shape index (κ1) is 11.9. The number of halogens is 1. The second-order valence-electron chi connectivity index (χ2n) is 4.06. The molecule has 4 heteroatoms. The summed E-state index contributed by atoms with van der Waals surface area (Å²) >= 11 is 1.68. The molecular weight excluding hydrogens is 235 g/mol. The van der Waals surface area contributed by atoms with Gasteiger partial charge in [-0.15, -0.1) is 11.3 Å². The first-order chi connectivity index (χ1) is 8.09. The summed E-state index contributed by atoms with van der Waals surface area (Å²) in [6.45, 7) is 2.74. The minimum atomic E-state index is -0.276. The molecule has 2 N–H and O–H groups in total. The van der Waals surface area contributed by atoms with Crippen molar-refractivity contribution in [3.63, 3.8) is 0 Å². The maximum Gasteiger partial charge on any atom is 0.148 e. The van der Waals surface area contributed by atoms with Crippen LogP contribution in [0.4, 0.5) is 15.8 Å². The van der Waals surface area contributed by atoms with Crippen LogP contribution in [0.15, 0.2) is 29.6 Å². The molecule has 1 aromatic carbocycles. The lowest BCUT2D eigenvalue weighted by atomic mass is 10.2. The van der Waals surface area contributed by atoms with Crippen LogP contribution in [0.2, 0.25) is 0 Å². The fourth-order valence-corrected chi connectivity index (χ4v) is 2.75. The van der Waals surface area contributed by atoms with Crippen molar-refractivity contribution in [2.24, 2.45) is 0 Å². The highest BCUT2D eigenvalue weighted by atomic mass is 32.1. The Morgan fingerprint density at radius 3 is 2.71 bits per heavy atom. The summed E-state index contributed by atoms with van der Waals surface area (Å²) in [7, 11) is 1.86. The molecule has 0 aliphatic heterocycles. The van der Waals surface area contributed by atoms with Crippen LogP contribution in [-0.2, 0) is 6.54 Å². The normalized spacial score (nSPS) is 10.5. The standard InChI is InChI=1S/C13H15FN2S/c1-9-6-7-17-12(9)8-16(2)13-10(14)4-3-5-11(13)15/h3-7H,8,15H2,1-2H3. The van der Waals surface area contributed by atoms with Gasteiger partial charge >= 0.3 is 0 Å². The van der Waals surface area contributed by atoms with Crippen molar-refractivity contribution in [2.75, 3.05) is 17.7 Å². The Kier molecular flexibility index (Phi) is 3.33. The van der Waals surface area contributed by atoms with Crippen molar-refractivity contribution in [1.29, 1.82) is 0 Å². The maximum absolute atomic E-state index is 13.7. The summed E-state index contributed by atoms with van der Waals surface area (Å²) < 4.78 is 13.7. The van der Waals surface area contributed by atoms with Gasteiger partial charge in [0.1, 0.15) is 5.82 Å². The van der Waals surface area contributed by atoms with Crippen LogP contribution in [0.5, 0.6) is 0 Å². The first-order valence-electron chi connectivity index (χ1n) is 5.37. The van der Waals surface area contributed by atoms with Gasteiger partial charge in [-0.1, -0.05) is 6.07 Å². The zero-order valence-electron chi connectivity index (χ0n) is 9.90. The number of hydrogen-bond acceptors (Lipinski definition) is 3. The van der Waals surface area contributed by atoms with Gasteiger partial charge < -0.3 is 10.6 Å². The third kappa shape index (κ3) is 2.42. The van der Waals surface area contributed by atoms with Gasteiger partial charge in [-0.05, 0) is 36.1 Å². The van der Waals surface area contributed by atoms with E-state index in [1.807, 2.05) is 17.3 Å². The van der Waals surface area contributed by atoms with Crippen LogP contribution in [0.1, 0.15) is 10.4 Å². The summed E-state index contributed by atoms with van der Waals surface area (Å²) in [4.78, 5) is 3.08. The number of nitrogen functional groups attached to an aromatic ring is 1. The van der Waals surface area contributed by atoms with E-state index < -0.39 is 0 Å². The third-order valence-corrected chi connectivity index (χ3v) is 3.76. The van der Waals surface area contributed by atoms with Gasteiger partial charge in [0, 0.05) is 11.9 Å². The number of anilines is 2. The van der Waals surface area contributed by atoms with Gasteiger partial charge in [0.05, 0.1) is 17.9 Å². The van der Waals surface area contributed by atoms with Crippen LogP contribution in [-0.4, -0.2) is 7.05 Å². The lowest BCUT2D eigenvalue weighted by Crippen LogP contribution is -2.19. The average Bonchev–Trinajstić information content (AvgIpc) is 2.64. The number of benzene rings is 1. The molecule has 0 aliphatic carbocycles. The SMILES string of the molecule is Cc1ccsc1CN(C)c1c(N)cccc1F. The Labute approximate surface area is 104 Å². The van der Waals surface area contributed by atoms with E-state index in [4.69, 9.17) is 5.73 Å². The lowest BCUT2D eigenvalue weighted by Gasteiger charge is -2.21. The van der Waals surface area contributed by atoms with Crippen molar-refractivity contribution in [1.82, 2.24) is 0 Å². The summed E-state index contributed by atoms with van der Waals surface area (Å²) in [5, 5.41) is 2.04. The van der Waals surface area contributed by atoms with Crippen molar-refractivity contribution in [3.05, 3.63) is 45.9 Å². The maximum atomic E-state index is 13.7. The summed E-state index contributed by atoms with van der Waals surface area (Å²) in [6, 6.07) is 6.84. The van der Waals surface area contributed by atoms with Crippen LogP contribution in [0, 0.1) is 12.7 Å². The Morgan fingerprint density at radius 1 is 1.35 bits per heavy atom. The Hall–Kier alpha value is -1.55. The number of aryl methyl sites for hydroxylation is 1. The number of para-hydroxylation sites is 1. The lowest BCUT2D eigenvalue weighted by molar-refractivity contribution is 0.623. The van der Waals surface area contributed by atoms with E-state index in [2.05, 4.69) is 13.0 Å². The smallest absolute Gasteiger partial charge is 0.148 e. The molecule has 2 aromatic rings. The van der Waals surface area contributed by atoms with Crippen LogP contribution >= 0.6 is 11.3 Å². The third-order valence-electron chi connectivity index (χ3n) is 2.75. The van der Waals surface area contributed by atoms with E-state index in [0.29, 0.717) is 17.9 Å². The molecule has 0 unspecified atom stereocenters. The predicted molar refractivity (Wildman–Crippen MR) is 72.0 cm³/mol. The number of hydrogen-bond donors (Lipinski definition) is 1. The van der Waals surface area contributed by atoms with E-state index in [1.165, 1.54) is 16.5 Å². The fraction of sp³-hybridized carbons (Fsp3) is 0.231. The highest BCUT2D eigenvalue weighted by molar-refractivity contribution is 7.10. The Morgan fingerprint density at radius 2 is 2.12 bits per heavy atom. The molecule has 17 heavy (non-hydrogen) atoms. The number of rotatable bonds is 3. The van der Waals surface area contributed by atoms with Gasteiger partial charge in [0.2, 0.25) is 0 Å². The molecule has 0 fully saturated rings. The fourth-order valence-electron chi connectivity index (χ4n) is 1.80. The van der Waals surface area contributed by atoms with Crippen molar-refractivity contribution in [2.45, 2.75) is 13.5 Å². The molecule has 0 radical (unpaired) electrons. The molecule has 0 bridgehead atoms. The van der Waals surface area contributed by atoms with E-state index in [9.17, 15) is 4.39 Å². The average molecular weight is 250 g/mol. The van der Waals surface area contributed by atoms with Crippen molar-refractivity contribution >= 4 is 22.7 Å². The molecule has 1 aromatic heterocycles. The molecular formula is C13H15FN2S. The monoisotopic (exact) mass is 250 g/mol. The van der Waals surface area contributed by atoms with Crippen LogP contribution < -0.4 is 10.6 Å². The molecule has 0 aliphatic rings. The Balaban J connectivity index is 2.26. The van der Waals surface area contributed by atoms with E-state index in [-0.39, 0.29) is 5.82 Å². The summed E-state index contributed by atoms with van der Waals surface area (Å²) in [6.07, 6.45) is 0. The largest absolute Gasteiger partial charge is 0.397 e. The molecule has 0 amide bonds. The number of thiophene rings is 1. The molecule has 0 spiro atoms. The quantitative estimate of drug-likeness (QED) is 0.846. The second kappa shape index (κ2) is 4.75. The van der Waals surface area contributed by atoms with Gasteiger partial charge in [-0.2, -0.15) is 0 Å². The summed E-state index contributed by atoms with van der Waals surface area (Å²) in [5.74, 6) is -0.276. The Bertz CT molecular complexity index is 502. The van der Waals surface area contributed by atoms with Crippen molar-refractivity contribution in [3.8, 4) is 0 Å². The predicted octanol–water partition coefficient (Wildman–Crippen LogP) is 3.41. The molecule has 0 saturated carbocycles. The van der Waals surface area contributed by atoms with E-state index in [0.717, 1.165) is 0 Å². The van der Waals surface area contributed by atoms with Gasteiger partial charge in [0.15, 0.2) is 0 Å². The second-order valence-corrected chi connectivity index (χ2v) is 5.06. The first-order valence-corrected chi connectivity index (χ1v) is 6.25. The molecule has 1 heterocycles. The van der Waals surface area contributed by atoms with Crippen LogP contribution in [0.25, 0.3) is 0 Å². The zero-order chi connectivity index (χ0) is 12.4. The highest BCUT2D eigenvalue weighted by Gasteiger charge is 2.12. The topological polar surface area (TPSA) is 29.3 Å². The molecule has 90 valence electrons. The molecule has 0 atom stereocenters. The molecule has 2 rings (SSSR count). The summed E-state index contributed by atoms with van der Waals surface area (Å²) in [5.41, 5.74) is 7.99. The van der Waals surface area contributed by atoms with Crippen LogP contribution in [0.3, 0.4) is 0 Å². The molecule has 2 nitrogen and oxygen atoms in total. The van der Waals surface area contributed by atoms with Crippen molar-refractivity contribution < 1.29 is 4.39 Å². The highest BCUT2D eigenvalue weighted by Crippen LogP contribution is 2.28. The van der Waals surface area contributed by atoms with Gasteiger partial charge in [-0.3, -0.25) is 0 Å². The van der Waals surface area contributed by atoms with Gasteiger partial charge in [-0.25, -0.2) is 4.39 Å². The minimum Gasteiger partial charge on any atom is -0.397 e. The van der Waals surface area contributed by atoms with Gasteiger partial charge in [0.25, 0.3) is 0 Å². The van der Waals surface area contributed by atoms with E-state index in [1.54, 1.807) is 23.5 Å². The number of nitrogens with two attached hydrogens (primary N) is 1. The number of nitrogens with zero attached hydrogens (tertiary/aromatic N) is 1. The minimum absolute atomic E-state index is 0.276. The molecule has 0 saturated heterocycles. The zero-order valence-corrected chi connectivity index (χ0v) is 10.7.